The number of nitrogens with zero attached hydrogens (tertiary/aromatic N) is 3. The number of rotatable bonds is 2. The van der Waals surface area contributed by atoms with Crippen LogP contribution in [0, 0.1) is 6.92 Å². The smallest absolute Gasteiger partial charge is 0.154 e. The van der Waals surface area contributed by atoms with Crippen LogP contribution in [0.25, 0.3) is 16.7 Å². The highest BCUT2D eigenvalue weighted by molar-refractivity contribution is 7.80. The molecule has 0 spiro atoms. The molecular formula is C14H12N4S. The Hall–Kier alpha value is -2.27. The molecule has 5 heteroatoms. The summed E-state index contributed by atoms with van der Waals surface area (Å²) in [6.45, 7) is 1.91. The summed E-state index contributed by atoms with van der Waals surface area (Å²) < 4.78 is 1.80. The van der Waals surface area contributed by atoms with E-state index in [2.05, 4.69) is 10.1 Å². The molecule has 0 saturated heterocycles. The Morgan fingerprint density at radius 1 is 1.26 bits per heavy atom. The van der Waals surface area contributed by atoms with Gasteiger partial charge in [-0.05, 0) is 25.1 Å². The lowest BCUT2D eigenvalue weighted by atomic mass is 10.2. The third-order valence-corrected chi connectivity index (χ3v) is 3.15. The molecule has 1 aromatic carbocycles. The number of benzene rings is 1. The van der Waals surface area contributed by atoms with Crippen LogP contribution in [0.1, 0.15) is 11.3 Å². The largest absolute Gasteiger partial charge is 0.389 e. The van der Waals surface area contributed by atoms with Crippen molar-refractivity contribution < 1.29 is 0 Å². The molecule has 2 heterocycles. The van der Waals surface area contributed by atoms with Crippen molar-refractivity contribution in [1.82, 2.24) is 14.8 Å². The van der Waals surface area contributed by atoms with Crippen LogP contribution in [0.4, 0.5) is 0 Å². The van der Waals surface area contributed by atoms with Gasteiger partial charge in [0.05, 0.1) is 11.7 Å². The zero-order valence-corrected chi connectivity index (χ0v) is 11.2. The van der Waals surface area contributed by atoms with E-state index in [1.807, 2.05) is 49.5 Å². The molecule has 3 rings (SSSR count). The van der Waals surface area contributed by atoms with Crippen LogP contribution < -0.4 is 5.73 Å². The number of aryl methyl sites for hydroxylation is 1. The molecule has 0 atom stereocenters. The summed E-state index contributed by atoms with van der Waals surface area (Å²) in [6.07, 6.45) is 1.82. The molecule has 3 aromatic rings. The number of fused-ring (bicyclic) bond motifs is 1. The van der Waals surface area contributed by atoms with Gasteiger partial charge in [-0.2, -0.15) is 5.10 Å². The summed E-state index contributed by atoms with van der Waals surface area (Å²) in [6, 6.07) is 11.7. The predicted molar refractivity (Wildman–Crippen MR) is 79.5 cm³/mol. The van der Waals surface area contributed by atoms with Crippen LogP contribution in [0.5, 0.6) is 0 Å². The first-order valence-corrected chi connectivity index (χ1v) is 6.27. The fourth-order valence-electron chi connectivity index (χ4n) is 2.06. The maximum atomic E-state index is 5.69. The summed E-state index contributed by atoms with van der Waals surface area (Å²) in [4.78, 5) is 4.86. The van der Waals surface area contributed by atoms with Gasteiger partial charge >= 0.3 is 0 Å². The summed E-state index contributed by atoms with van der Waals surface area (Å²) >= 11 is 5.03. The molecule has 2 N–H and O–H groups in total. The van der Waals surface area contributed by atoms with Crippen LogP contribution in [-0.4, -0.2) is 19.8 Å². The van der Waals surface area contributed by atoms with E-state index in [4.69, 9.17) is 18.0 Å². The van der Waals surface area contributed by atoms with Gasteiger partial charge in [-0.3, -0.25) is 0 Å². The molecule has 4 nitrogen and oxygen atoms in total. The van der Waals surface area contributed by atoms with Crippen LogP contribution >= 0.6 is 12.2 Å². The average molecular weight is 268 g/mol. The number of para-hydroxylation sites is 1. The SMILES string of the molecule is Cc1cc(C(N)=S)cc(-n2ncc3ccccc32)n1. The van der Waals surface area contributed by atoms with E-state index < -0.39 is 0 Å². The first kappa shape index (κ1) is 11.8. The predicted octanol–water partition coefficient (Wildman–Crippen LogP) is 2.36. The van der Waals surface area contributed by atoms with Crippen LogP contribution in [0.15, 0.2) is 42.6 Å². The van der Waals surface area contributed by atoms with E-state index in [1.165, 1.54) is 0 Å². The van der Waals surface area contributed by atoms with Gasteiger partial charge in [-0.15, -0.1) is 0 Å². The topological polar surface area (TPSA) is 56.7 Å². The van der Waals surface area contributed by atoms with Gasteiger partial charge < -0.3 is 5.73 Å². The van der Waals surface area contributed by atoms with Gasteiger partial charge in [-0.25, -0.2) is 9.67 Å². The van der Waals surface area contributed by atoms with Gasteiger partial charge in [-0.1, -0.05) is 30.4 Å². The van der Waals surface area contributed by atoms with E-state index >= 15 is 0 Å². The molecule has 2 aromatic heterocycles. The van der Waals surface area contributed by atoms with Crippen molar-refractivity contribution in [1.29, 1.82) is 0 Å². The summed E-state index contributed by atoms with van der Waals surface area (Å²) in [7, 11) is 0. The van der Waals surface area contributed by atoms with E-state index in [0.717, 1.165) is 28.0 Å². The minimum atomic E-state index is 0.364. The van der Waals surface area contributed by atoms with Crippen molar-refractivity contribution in [2.45, 2.75) is 6.92 Å². The number of hydrogen-bond acceptors (Lipinski definition) is 3. The normalized spacial score (nSPS) is 10.8. The molecule has 0 radical (unpaired) electrons. The first-order valence-electron chi connectivity index (χ1n) is 5.87. The Morgan fingerprint density at radius 3 is 2.84 bits per heavy atom. The Labute approximate surface area is 115 Å². The number of pyridine rings is 1. The van der Waals surface area contributed by atoms with E-state index in [-0.39, 0.29) is 0 Å². The summed E-state index contributed by atoms with van der Waals surface area (Å²) in [5.74, 6) is 0.726. The fraction of sp³-hybridized carbons (Fsp3) is 0.0714. The number of nitrogens with two attached hydrogens (primary N) is 1. The molecule has 94 valence electrons. The van der Waals surface area contributed by atoms with Crippen LogP contribution in [0.2, 0.25) is 0 Å². The third-order valence-electron chi connectivity index (χ3n) is 2.92. The second-order valence-corrected chi connectivity index (χ2v) is 4.77. The molecule has 0 bridgehead atoms. The average Bonchev–Trinajstić information content (AvgIpc) is 2.81. The molecule has 19 heavy (non-hydrogen) atoms. The molecule has 0 unspecified atom stereocenters. The number of thiocarbonyl (C=S) groups is 1. The van der Waals surface area contributed by atoms with Gasteiger partial charge in [0, 0.05) is 16.6 Å². The third kappa shape index (κ3) is 2.08. The van der Waals surface area contributed by atoms with Crippen molar-refractivity contribution in [2.24, 2.45) is 5.73 Å². The highest BCUT2D eigenvalue weighted by Gasteiger charge is 2.08. The molecular weight excluding hydrogens is 256 g/mol. The van der Waals surface area contributed by atoms with Crippen LogP contribution in [-0.2, 0) is 0 Å². The second-order valence-electron chi connectivity index (χ2n) is 4.33. The van der Waals surface area contributed by atoms with E-state index in [0.29, 0.717) is 4.99 Å². The fourth-order valence-corrected chi connectivity index (χ4v) is 2.17. The summed E-state index contributed by atoms with van der Waals surface area (Å²) in [5.41, 5.74) is 8.36. The monoisotopic (exact) mass is 268 g/mol. The zero-order chi connectivity index (χ0) is 13.4. The van der Waals surface area contributed by atoms with E-state index in [1.54, 1.807) is 4.68 Å². The standard InChI is InChI=1S/C14H12N4S/c1-9-6-11(14(15)19)7-13(17-9)18-12-5-3-2-4-10(12)8-16-18/h2-8H,1H3,(H2,15,19). The molecule has 0 aliphatic heterocycles. The van der Waals surface area contributed by atoms with Gasteiger partial charge in [0.15, 0.2) is 5.82 Å². The molecule has 0 fully saturated rings. The Bertz CT molecular complexity index is 776. The van der Waals surface area contributed by atoms with Crippen LogP contribution in [0.3, 0.4) is 0 Å². The summed E-state index contributed by atoms with van der Waals surface area (Å²) in [5, 5.41) is 5.45. The highest BCUT2D eigenvalue weighted by Crippen LogP contribution is 2.18. The van der Waals surface area contributed by atoms with Crippen molar-refractivity contribution >= 4 is 28.1 Å². The van der Waals surface area contributed by atoms with Gasteiger partial charge in [0.25, 0.3) is 0 Å². The van der Waals surface area contributed by atoms with Crippen molar-refractivity contribution in [2.75, 3.05) is 0 Å². The maximum Gasteiger partial charge on any atom is 0.154 e. The second kappa shape index (κ2) is 4.44. The molecule has 0 amide bonds. The van der Waals surface area contributed by atoms with Crippen molar-refractivity contribution in [3.63, 3.8) is 0 Å². The lowest BCUT2D eigenvalue weighted by molar-refractivity contribution is 0.867. The number of hydrogen-bond donors (Lipinski definition) is 1. The molecule has 0 aliphatic carbocycles. The minimum absolute atomic E-state index is 0.364. The van der Waals surface area contributed by atoms with Gasteiger partial charge in [0.1, 0.15) is 4.99 Å². The first-order chi connectivity index (χ1) is 9.15. The lowest BCUT2D eigenvalue weighted by Gasteiger charge is -2.07. The maximum absolute atomic E-state index is 5.69. The Balaban J connectivity index is 2.24. The number of aromatic nitrogens is 3. The Morgan fingerprint density at radius 2 is 2.05 bits per heavy atom. The Kier molecular flexibility index (Phi) is 2.76. The van der Waals surface area contributed by atoms with Crippen molar-refractivity contribution in [3.8, 4) is 5.82 Å². The zero-order valence-electron chi connectivity index (χ0n) is 10.4. The lowest BCUT2D eigenvalue weighted by Crippen LogP contribution is -2.12. The van der Waals surface area contributed by atoms with Crippen molar-refractivity contribution in [3.05, 3.63) is 53.9 Å². The van der Waals surface area contributed by atoms with Gasteiger partial charge in [0.2, 0.25) is 0 Å². The molecule has 0 saturated carbocycles. The minimum Gasteiger partial charge on any atom is -0.389 e. The quantitative estimate of drug-likeness (QED) is 0.725. The molecule has 0 aliphatic rings. The van der Waals surface area contributed by atoms with E-state index in [9.17, 15) is 0 Å². The highest BCUT2D eigenvalue weighted by atomic mass is 32.1.